The SMILES string of the molecule is COC(=O)[C@H]1Oc2ccccc2[C@H]1N. The number of fused-ring (bicyclic) bond motifs is 1. The minimum absolute atomic E-state index is 0.432. The average molecular weight is 193 g/mol. The van der Waals surface area contributed by atoms with Crippen LogP contribution in [0.1, 0.15) is 11.6 Å². The van der Waals surface area contributed by atoms with Gasteiger partial charge in [-0.2, -0.15) is 0 Å². The number of hydrogen-bond acceptors (Lipinski definition) is 4. The van der Waals surface area contributed by atoms with Gasteiger partial charge < -0.3 is 15.2 Å². The molecule has 0 aromatic heterocycles. The van der Waals surface area contributed by atoms with Crippen molar-refractivity contribution in [3.63, 3.8) is 0 Å². The summed E-state index contributed by atoms with van der Waals surface area (Å²) in [5.41, 5.74) is 6.69. The van der Waals surface area contributed by atoms with Crippen molar-refractivity contribution in [1.82, 2.24) is 0 Å². The quantitative estimate of drug-likeness (QED) is 0.664. The van der Waals surface area contributed by atoms with Crippen LogP contribution >= 0.6 is 0 Å². The van der Waals surface area contributed by atoms with Crippen LogP contribution in [0.5, 0.6) is 5.75 Å². The van der Waals surface area contributed by atoms with Crippen molar-refractivity contribution < 1.29 is 14.3 Å². The van der Waals surface area contributed by atoms with Gasteiger partial charge in [0.15, 0.2) is 0 Å². The molecule has 0 saturated heterocycles. The van der Waals surface area contributed by atoms with E-state index in [2.05, 4.69) is 4.74 Å². The standard InChI is InChI=1S/C10H11NO3/c1-13-10(12)9-8(11)6-4-2-3-5-7(6)14-9/h2-5,8-9H,11H2,1H3/t8-,9+/m1/s1. The second kappa shape index (κ2) is 3.31. The first-order chi connectivity index (χ1) is 6.74. The number of carbonyl (C=O) groups is 1. The fourth-order valence-electron chi connectivity index (χ4n) is 1.55. The topological polar surface area (TPSA) is 61.5 Å². The highest BCUT2D eigenvalue weighted by Crippen LogP contribution is 2.34. The van der Waals surface area contributed by atoms with Crippen LogP contribution in [0, 0.1) is 0 Å². The number of esters is 1. The molecule has 0 bridgehead atoms. The molecule has 2 N–H and O–H groups in total. The molecule has 2 rings (SSSR count). The van der Waals surface area contributed by atoms with Gasteiger partial charge in [-0.15, -0.1) is 0 Å². The van der Waals surface area contributed by atoms with Crippen molar-refractivity contribution in [2.45, 2.75) is 12.1 Å². The Morgan fingerprint density at radius 1 is 1.50 bits per heavy atom. The van der Waals surface area contributed by atoms with Gasteiger partial charge in [-0.25, -0.2) is 4.79 Å². The Morgan fingerprint density at radius 3 is 2.86 bits per heavy atom. The van der Waals surface area contributed by atoms with Crippen molar-refractivity contribution in [1.29, 1.82) is 0 Å². The predicted octanol–water partition coefficient (Wildman–Crippen LogP) is 0.620. The maximum atomic E-state index is 11.3. The van der Waals surface area contributed by atoms with E-state index in [9.17, 15) is 4.79 Å². The number of hydrogen-bond donors (Lipinski definition) is 1. The highest BCUT2D eigenvalue weighted by Gasteiger charge is 2.37. The number of para-hydroxylation sites is 1. The van der Waals surface area contributed by atoms with Crippen LogP contribution in [0.3, 0.4) is 0 Å². The lowest BCUT2D eigenvalue weighted by Gasteiger charge is -2.11. The first-order valence-electron chi connectivity index (χ1n) is 4.33. The predicted molar refractivity (Wildman–Crippen MR) is 49.8 cm³/mol. The summed E-state index contributed by atoms with van der Waals surface area (Å²) in [7, 11) is 1.32. The number of rotatable bonds is 1. The van der Waals surface area contributed by atoms with E-state index < -0.39 is 18.1 Å². The van der Waals surface area contributed by atoms with Gasteiger partial charge in [-0.1, -0.05) is 18.2 Å². The largest absolute Gasteiger partial charge is 0.476 e. The zero-order valence-corrected chi connectivity index (χ0v) is 7.77. The number of carbonyl (C=O) groups excluding carboxylic acids is 1. The number of nitrogens with two attached hydrogens (primary N) is 1. The Morgan fingerprint density at radius 2 is 2.21 bits per heavy atom. The van der Waals surface area contributed by atoms with Crippen molar-refractivity contribution in [2.75, 3.05) is 7.11 Å². The Hall–Kier alpha value is -1.55. The molecule has 0 unspecified atom stereocenters. The second-order valence-electron chi connectivity index (χ2n) is 3.13. The molecule has 0 saturated carbocycles. The third kappa shape index (κ3) is 1.24. The van der Waals surface area contributed by atoms with Gasteiger partial charge in [0.25, 0.3) is 0 Å². The molecule has 4 heteroatoms. The molecule has 0 amide bonds. The molecule has 0 fully saturated rings. The van der Waals surface area contributed by atoms with Crippen molar-refractivity contribution >= 4 is 5.97 Å². The van der Waals surface area contributed by atoms with Gasteiger partial charge in [0.1, 0.15) is 5.75 Å². The minimum atomic E-state index is -0.711. The monoisotopic (exact) mass is 193 g/mol. The Balaban J connectivity index is 2.30. The summed E-state index contributed by atoms with van der Waals surface area (Å²) in [4.78, 5) is 11.3. The van der Waals surface area contributed by atoms with E-state index in [1.54, 1.807) is 6.07 Å². The summed E-state index contributed by atoms with van der Waals surface area (Å²) >= 11 is 0. The summed E-state index contributed by atoms with van der Waals surface area (Å²) in [6.07, 6.45) is -0.711. The van der Waals surface area contributed by atoms with Crippen LogP contribution in [0.15, 0.2) is 24.3 Å². The van der Waals surface area contributed by atoms with Gasteiger partial charge in [0, 0.05) is 5.56 Å². The first kappa shape index (κ1) is 9.02. The van der Waals surface area contributed by atoms with E-state index in [1.165, 1.54) is 7.11 Å². The second-order valence-corrected chi connectivity index (χ2v) is 3.13. The molecule has 1 aliphatic heterocycles. The van der Waals surface area contributed by atoms with E-state index in [-0.39, 0.29) is 0 Å². The Kier molecular flexibility index (Phi) is 2.13. The van der Waals surface area contributed by atoms with Crippen molar-refractivity contribution in [3.05, 3.63) is 29.8 Å². The van der Waals surface area contributed by atoms with Gasteiger partial charge in [-0.05, 0) is 6.07 Å². The zero-order chi connectivity index (χ0) is 10.1. The average Bonchev–Trinajstić information content (AvgIpc) is 2.56. The highest BCUT2D eigenvalue weighted by atomic mass is 16.6. The minimum Gasteiger partial charge on any atom is -0.476 e. The van der Waals surface area contributed by atoms with Crippen LogP contribution in [0.4, 0.5) is 0 Å². The Labute approximate surface area is 81.6 Å². The molecule has 0 radical (unpaired) electrons. The fraction of sp³-hybridized carbons (Fsp3) is 0.300. The van der Waals surface area contributed by atoms with E-state index in [1.807, 2.05) is 18.2 Å². The lowest BCUT2D eigenvalue weighted by molar-refractivity contribution is -0.148. The molecule has 74 valence electrons. The molecule has 1 aromatic rings. The van der Waals surface area contributed by atoms with E-state index in [0.717, 1.165) is 5.56 Å². The zero-order valence-electron chi connectivity index (χ0n) is 7.77. The summed E-state index contributed by atoms with van der Waals surface area (Å²) in [5, 5.41) is 0. The third-order valence-corrected chi connectivity index (χ3v) is 2.29. The number of methoxy groups -OCH3 is 1. The summed E-state index contributed by atoms with van der Waals surface area (Å²) in [6, 6.07) is 6.91. The van der Waals surface area contributed by atoms with Crippen LogP contribution in [-0.4, -0.2) is 19.2 Å². The maximum Gasteiger partial charge on any atom is 0.349 e. The molecular weight excluding hydrogens is 182 g/mol. The van der Waals surface area contributed by atoms with Gasteiger partial charge in [-0.3, -0.25) is 0 Å². The van der Waals surface area contributed by atoms with Gasteiger partial charge in [0.05, 0.1) is 13.2 Å². The molecule has 4 nitrogen and oxygen atoms in total. The molecule has 1 aliphatic rings. The highest BCUT2D eigenvalue weighted by molar-refractivity contribution is 5.77. The van der Waals surface area contributed by atoms with Gasteiger partial charge >= 0.3 is 5.97 Å². The third-order valence-electron chi connectivity index (χ3n) is 2.29. The number of ether oxygens (including phenoxy) is 2. The Bertz CT molecular complexity index is 364. The summed E-state index contributed by atoms with van der Waals surface area (Å²) in [5.74, 6) is 0.226. The number of benzene rings is 1. The molecule has 1 aromatic carbocycles. The summed E-state index contributed by atoms with van der Waals surface area (Å²) in [6.45, 7) is 0. The molecule has 14 heavy (non-hydrogen) atoms. The van der Waals surface area contributed by atoms with Crippen LogP contribution in [0.2, 0.25) is 0 Å². The van der Waals surface area contributed by atoms with Crippen LogP contribution < -0.4 is 10.5 Å². The lowest BCUT2D eigenvalue weighted by Crippen LogP contribution is -2.34. The van der Waals surface area contributed by atoms with Crippen LogP contribution in [-0.2, 0) is 9.53 Å². The van der Waals surface area contributed by atoms with Crippen LogP contribution in [0.25, 0.3) is 0 Å². The lowest BCUT2D eigenvalue weighted by atomic mass is 10.1. The van der Waals surface area contributed by atoms with E-state index >= 15 is 0 Å². The molecular formula is C10H11NO3. The first-order valence-corrected chi connectivity index (χ1v) is 4.33. The van der Waals surface area contributed by atoms with Gasteiger partial charge in [0.2, 0.25) is 6.10 Å². The molecule has 0 spiro atoms. The van der Waals surface area contributed by atoms with E-state index in [4.69, 9.17) is 10.5 Å². The van der Waals surface area contributed by atoms with Crippen molar-refractivity contribution in [2.24, 2.45) is 5.73 Å². The smallest absolute Gasteiger partial charge is 0.349 e. The normalized spacial score (nSPS) is 23.9. The molecule has 2 atom stereocenters. The molecule has 0 aliphatic carbocycles. The van der Waals surface area contributed by atoms with Crippen molar-refractivity contribution in [3.8, 4) is 5.75 Å². The van der Waals surface area contributed by atoms with E-state index in [0.29, 0.717) is 5.75 Å². The maximum absolute atomic E-state index is 11.3. The molecule has 1 heterocycles. The summed E-state index contributed by atoms with van der Waals surface area (Å²) < 4.78 is 9.96. The fourth-order valence-corrected chi connectivity index (χ4v) is 1.55.